The van der Waals surface area contributed by atoms with Gasteiger partial charge in [-0.3, -0.25) is 15.1 Å². The van der Waals surface area contributed by atoms with Crippen LogP contribution in [-0.2, 0) is 0 Å². The highest BCUT2D eigenvalue weighted by molar-refractivity contribution is 5.91. The van der Waals surface area contributed by atoms with Gasteiger partial charge in [-0.15, -0.1) is 0 Å². The third kappa shape index (κ3) is 3.68. The molecule has 0 aliphatic rings. The van der Waals surface area contributed by atoms with Crippen LogP contribution in [0.2, 0.25) is 0 Å². The van der Waals surface area contributed by atoms with E-state index in [2.05, 4.69) is 20.3 Å². The molecule has 0 spiro atoms. The fraction of sp³-hybridized carbons (Fsp3) is 0. The summed E-state index contributed by atoms with van der Waals surface area (Å²) in [5, 5.41) is 14.5. The molecular weight excluding hydrogens is 365 g/mol. The van der Waals surface area contributed by atoms with E-state index < -0.39 is 10.7 Å². The van der Waals surface area contributed by atoms with Crippen molar-refractivity contribution in [2.24, 2.45) is 0 Å². The number of halogens is 1. The summed E-state index contributed by atoms with van der Waals surface area (Å²) in [6, 6.07) is 10.5. The van der Waals surface area contributed by atoms with E-state index in [1.54, 1.807) is 24.5 Å². The number of pyridine rings is 1. The number of furan rings is 1. The van der Waals surface area contributed by atoms with Crippen molar-refractivity contribution in [2.75, 3.05) is 5.32 Å². The first-order valence-corrected chi connectivity index (χ1v) is 8.15. The van der Waals surface area contributed by atoms with Crippen LogP contribution in [0.4, 0.5) is 21.8 Å². The van der Waals surface area contributed by atoms with Crippen molar-refractivity contribution in [3.8, 4) is 0 Å². The molecule has 3 aromatic heterocycles. The predicted molar refractivity (Wildman–Crippen MR) is 101 cm³/mol. The third-order valence-corrected chi connectivity index (χ3v) is 3.79. The van der Waals surface area contributed by atoms with Crippen molar-refractivity contribution in [2.45, 2.75) is 0 Å². The number of aromatic nitrogens is 3. The van der Waals surface area contributed by atoms with Crippen LogP contribution in [0, 0.1) is 15.9 Å². The van der Waals surface area contributed by atoms with Gasteiger partial charge in [0.1, 0.15) is 22.3 Å². The van der Waals surface area contributed by atoms with Gasteiger partial charge in [0.25, 0.3) is 0 Å². The highest BCUT2D eigenvalue weighted by Gasteiger charge is 2.11. The minimum atomic E-state index is -0.622. The maximum Gasteiger partial charge on any atom is 0.433 e. The lowest BCUT2D eigenvalue weighted by molar-refractivity contribution is -0.402. The van der Waals surface area contributed by atoms with Gasteiger partial charge in [-0.2, -0.15) is 0 Å². The lowest BCUT2D eigenvalue weighted by Gasteiger charge is -2.09. The van der Waals surface area contributed by atoms with Gasteiger partial charge in [-0.05, 0) is 42.5 Å². The molecule has 0 radical (unpaired) electrons. The van der Waals surface area contributed by atoms with E-state index in [0.717, 1.165) is 0 Å². The summed E-state index contributed by atoms with van der Waals surface area (Å²) in [5.74, 6) is 0.248. The Morgan fingerprint density at radius 3 is 2.79 bits per heavy atom. The second-order valence-corrected chi connectivity index (χ2v) is 5.73. The lowest BCUT2D eigenvalue weighted by Crippen LogP contribution is -1.99. The lowest BCUT2D eigenvalue weighted by atomic mass is 10.2. The second kappa shape index (κ2) is 7.23. The number of benzene rings is 1. The average Bonchev–Trinajstić information content (AvgIpc) is 3.16. The Morgan fingerprint density at radius 1 is 1.14 bits per heavy atom. The first kappa shape index (κ1) is 17.3. The van der Waals surface area contributed by atoms with Gasteiger partial charge in [0.2, 0.25) is 0 Å². The van der Waals surface area contributed by atoms with Crippen LogP contribution in [0.1, 0.15) is 11.6 Å². The monoisotopic (exact) mass is 377 g/mol. The van der Waals surface area contributed by atoms with E-state index in [1.165, 1.54) is 36.4 Å². The quantitative estimate of drug-likeness (QED) is 0.401. The Hall–Kier alpha value is -4.14. The standard InChI is InChI=1S/C19H12FN5O3/c20-12-3-6-15-16(10-12)23-17(7-4-14-5-8-18(28-14)25(26)27)24-19(15)22-13-2-1-9-21-11-13/h1-11H,(H,22,23,24). The zero-order valence-corrected chi connectivity index (χ0v) is 14.2. The predicted octanol–water partition coefficient (Wildman–Crippen LogP) is 4.58. The van der Waals surface area contributed by atoms with Crippen molar-refractivity contribution in [1.82, 2.24) is 15.0 Å². The molecule has 0 atom stereocenters. The van der Waals surface area contributed by atoms with Crippen molar-refractivity contribution in [3.63, 3.8) is 0 Å². The molecule has 0 amide bonds. The zero-order valence-electron chi connectivity index (χ0n) is 14.2. The van der Waals surface area contributed by atoms with Gasteiger partial charge in [0.15, 0.2) is 5.82 Å². The molecule has 138 valence electrons. The van der Waals surface area contributed by atoms with E-state index in [4.69, 9.17) is 4.42 Å². The molecular formula is C19H12FN5O3. The summed E-state index contributed by atoms with van der Waals surface area (Å²) >= 11 is 0. The number of hydrogen-bond donors (Lipinski definition) is 1. The van der Waals surface area contributed by atoms with E-state index in [-0.39, 0.29) is 17.5 Å². The Morgan fingerprint density at radius 2 is 2.04 bits per heavy atom. The fourth-order valence-electron chi connectivity index (χ4n) is 2.55. The molecule has 0 unspecified atom stereocenters. The van der Waals surface area contributed by atoms with Gasteiger partial charge in [0, 0.05) is 17.6 Å². The van der Waals surface area contributed by atoms with Gasteiger partial charge >= 0.3 is 5.88 Å². The van der Waals surface area contributed by atoms with Crippen LogP contribution < -0.4 is 5.32 Å². The largest absolute Gasteiger partial charge is 0.433 e. The minimum Gasteiger partial charge on any atom is -0.401 e. The molecule has 4 aromatic rings. The van der Waals surface area contributed by atoms with Crippen LogP contribution in [-0.4, -0.2) is 19.9 Å². The zero-order chi connectivity index (χ0) is 19.5. The molecule has 0 fully saturated rings. The van der Waals surface area contributed by atoms with E-state index in [1.807, 2.05) is 6.07 Å². The normalized spacial score (nSPS) is 11.2. The minimum absolute atomic E-state index is 0.274. The van der Waals surface area contributed by atoms with Crippen LogP contribution in [0.5, 0.6) is 0 Å². The number of nitrogens with zero attached hydrogens (tertiary/aromatic N) is 4. The summed E-state index contributed by atoms with van der Waals surface area (Å²) in [5.41, 5.74) is 1.12. The van der Waals surface area contributed by atoms with E-state index in [9.17, 15) is 14.5 Å². The molecule has 1 N–H and O–H groups in total. The highest BCUT2D eigenvalue weighted by Crippen LogP contribution is 2.25. The molecule has 1 aromatic carbocycles. The smallest absolute Gasteiger partial charge is 0.401 e. The average molecular weight is 377 g/mol. The molecule has 0 saturated carbocycles. The first-order valence-electron chi connectivity index (χ1n) is 8.15. The van der Waals surface area contributed by atoms with E-state index in [0.29, 0.717) is 22.4 Å². The van der Waals surface area contributed by atoms with Crippen molar-refractivity contribution < 1.29 is 13.7 Å². The molecule has 9 heteroatoms. The molecule has 0 bridgehead atoms. The molecule has 28 heavy (non-hydrogen) atoms. The summed E-state index contributed by atoms with van der Waals surface area (Å²) in [4.78, 5) is 22.9. The first-order chi connectivity index (χ1) is 13.6. The topological polar surface area (TPSA) is 107 Å². The van der Waals surface area contributed by atoms with Crippen molar-refractivity contribution in [1.29, 1.82) is 0 Å². The maximum absolute atomic E-state index is 13.7. The fourth-order valence-corrected chi connectivity index (χ4v) is 2.55. The molecule has 0 aliphatic heterocycles. The van der Waals surface area contributed by atoms with Gasteiger partial charge in [-0.25, -0.2) is 14.4 Å². The number of anilines is 2. The van der Waals surface area contributed by atoms with Crippen molar-refractivity contribution in [3.05, 3.63) is 82.4 Å². The van der Waals surface area contributed by atoms with Crippen LogP contribution in [0.25, 0.3) is 23.1 Å². The third-order valence-electron chi connectivity index (χ3n) is 3.79. The Bertz CT molecular complexity index is 1190. The summed E-state index contributed by atoms with van der Waals surface area (Å²) in [7, 11) is 0. The number of fused-ring (bicyclic) bond motifs is 1. The van der Waals surface area contributed by atoms with Gasteiger partial charge in [-0.1, -0.05) is 0 Å². The van der Waals surface area contributed by atoms with Gasteiger partial charge in [0.05, 0.1) is 23.5 Å². The molecule has 3 heterocycles. The number of hydrogen-bond acceptors (Lipinski definition) is 7. The molecule has 0 aliphatic carbocycles. The van der Waals surface area contributed by atoms with E-state index >= 15 is 0 Å². The Kier molecular flexibility index (Phi) is 4.47. The van der Waals surface area contributed by atoms with Crippen molar-refractivity contribution >= 4 is 40.4 Å². The second-order valence-electron chi connectivity index (χ2n) is 5.73. The number of nitro groups is 1. The number of rotatable bonds is 5. The highest BCUT2D eigenvalue weighted by atomic mass is 19.1. The van der Waals surface area contributed by atoms with Crippen LogP contribution >= 0.6 is 0 Å². The summed E-state index contributed by atoms with van der Waals surface area (Å²) < 4.78 is 18.7. The molecule has 4 rings (SSSR count). The Balaban J connectivity index is 1.73. The van der Waals surface area contributed by atoms with Gasteiger partial charge < -0.3 is 9.73 Å². The molecule has 8 nitrogen and oxygen atoms in total. The SMILES string of the molecule is O=[N+]([O-])c1ccc(C=Cc2nc(Nc3cccnc3)c3ccc(F)cc3n2)o1. The van der Waals surface area contributed by atoms with Crippen LogP contribution in [0.15, 0.2) is 59.3 Å². The Labute approximate surface area is 157 Å². The maximum atomic E-state index is 13.7. The number of nitrogens with one attached hydrogen (secondary N) is 1. The molecule has 0 saturated heterocycles. The van der Waals surface area contributed by atoms with Crippen LogP contribution in [0.3, 0.4) is 0 Å². The summed E-state index contributed by atoms with van der Waals surface area (Å²) in [6.45, 7) is 0. The summed E-state index contributed by atoms with van der Waals surface area (Å²) in [6.07, 6.45) is 6.31.